The predicted octanol–water partition coefficient (Wildman–Crippen LogP) is 2.54. The predicted molar refractivity (Wildman–Crippen MR) is 68.7 cm³/mol. The summed E-state index contributed by atoms with van der Waals surface area (Å²) in [6.07, 6.45) is -0.372. The van der Waals surface area contributed by atoms with Crippen LogP contribution in [0, 0.1) is 5.82 Å². The second-order valence-corrected chi connectivity index (χ2v) is 4.58. The molecule has 106 valence electrons. The number of ether oxygens (including phenoxy) is 4. The maximum atomic E-state index is 14.0. The molecule has 4 nitrogen and oxygen atoms in total. The van der Waals surface area contributed by atoms with E-state index in [0.717, 1.165) is 0 Å². The topological polar surface area (TPSA) is 36.9 Å². The van der Waals surface area contributed by atoms with Gasteiger partial charge in [0.2, 0.25) is 0 Å². The number of hydrogen-bond donors (Lipinski definition) is 0. The van der Waals surface area contributed by atoms with Gasteiger partial charge in [0.05, 0.1) is 39.4 Å². The molecule has 1 heterocycles. The van der Waals surface area contributed by atoms with E-state index in [9.17, 15) is 4.39 Å². The Balaban J connectivity index is 2.27. The van der Waals surface area contributed by atoms with Crippen LogP contribution in [0.5, 0.6) is 11.5 Å². The maximum absolute atomic E-state index is 14.0. The van der Waals surface area contributed by atoms with Crippen molar-refractivity contribution < 1.29 is 23.3 Å². The largest absolute Gasteiger partial charge is 0.493 e. The van der Waals surface area contributed by atoms with Crippen LogP contribution in [-0.4, -0.2) is 40.1 Å². The van der Waals surface area contributed by atoms with Crippen molar-refractivity contribution in [2.24, 2.45) is 0 Å². The molecule has 0 amide bonds. The number of methoxy groups -OCH3 is 2. The molecule has 1 aliphatic heterocycles. The average molecular weight is 291 g/mol. The van der Waals surface area contributed by atoms with Crippen LogP contribution in [0.15, 0.2) is 12.1 Å². The monoisotopic (exact) mass is 290 g/mol. The van der Waals surface area contributed by atoms with Gasteiger partial charge in [0, 0.05) is 11.6 Å². The standard InChI is InChI=1S/C13H16ClFO4/c1-16-10-5-8(9(15)6-11(10)17-2)13(14)12-7-18-3-4-19-12/h5-6,12-13H,3-4,7H2,1-2H3. The molecule has 0 bridgehead atoms. The fourth-order valence-electron chi connectivity index (χ4n) is 1.96. The molecule has 0 N–H and O–H groups in total. The highest BCUT2D eigenvalue weighted by Gasteiger charge is 2.28. The molecule has 19 heavy (non-hydrogen) atoms. The summed E-state index contributed by atoms with van der Waals surface area (Å²) in [4.78, 5) is 0. The Bertz CT molecular complexity index is 435. The molecule has 2 rings (SSSR count). The van der Waals surface area contributed by atoms with Crippen molar-refractivity contribution in [2.45, 2.75) is 11.5 Å². The Labute approximate surface area is 116 Å². The van der Waals surface area contributed by atoms with Crippen LogP contribution in [0.4, 0.5) is 4.39 Å². The van der Waals surface area contributed by atoms with Crippen LogP contribution >= 0.6 is 11.6 Å². The Hall–Kier alpha value is -1.04. The average Bonchev–Trinajstić information content (AvgIpc) is 2.47. The quantitative estimate of drug-likeness (QED) is 0.799. The van der Waals surface area contributed by atoms with E-state index in [2.05, 4.69) is 0 Å². The van der Waals surface area contributed by atoms with Crippen molar-refractivity contribution >= 4 is 11.6 Å². The lowest BCUT2D eigenvalue weighted by molar-refractivity contribution is -0.0895. The number of benzene rings is 1. The zero-order valence-corrected chi connectivity index (χ0v) is 11.6. The first-order valence-corrected chi connectivity index (χ1v) is 6.36. The summed E-state index contributed by atoms with van der Waals surface area (Å²) in [5.74, 6) is 0.307. The molecule has 1 aliphatic rings. The first-order valence-electron chi connectivity index (χ1n) is 5.92. The van der Waals surface area contributed by atoms with Crippen LogP contribution in [0.1, 0.15) is 10.9 Å². The Kier molecular flexibility index (Phi) is 4.85. The van der Waals surface area contributed by atoms with Crippen molar-refractivity contribution in [2.75, 3.05) is 34.0 Å². The summed E-state index contributed by atoms with van der Waals surface area (Å²) in [6.45, 7) is 1.35. The van der Waals surface area contributed by atoms with Gasteiger partial charge in [0.25, 0.3) is 0 Å². The molecule has 2 atom stereocenters. The minimum Gasteiger partial charge on any atom is -0.493 e. The lowest BCUT2D eigenvalue weighted by atomic mass is 10.1. The van der Waals surface area contributed by atoms with E-state index >= 15 is 0 Å². The van der Waals surface area contributed by atoms with Gasteiger partial charge in [-0.1, -0.05) is 0 Å². The number of rotatable bonds is 4. The van der Waals surface area contributed by atoms with Gasteiger partial charge in [-0.2, -0.15) is 0 Å². The van der Waals surface area contributed by atoms with E-state index in [1.807, 2.05) is 0 Å². The SMILES string of the molecule is COc1cc(F)c(C(Cl)C2COCCO2)cc1OC. The van der Waals surface area contributed by atoms with Crippen molar-refractivity contribution in [1.82, 2.24) is 0 Å². The van der Waals surface area contributed by atoms with Gasteiger partial charge in [-0.05, 0) is 6.07 Å². The van der Waals surface area contributed by atoms with Crippen LogP contribution < -0.4 is 9.47 Å². The first-order chi connectivity index (χ1) is 9.17. The highest BCUT2D eigenvalue weighted by molar-refractivity contribution is 6.21. The molecule has 0 spiro atoms. The van der Waals surface area contributed by atoms with Crippen molar-refractivity contribution in [3.8, 4) is 11.5 Å². The van der Waals surface area contributed by atoms with Crippen molar-refractivity contribution in [1.29, 1.82) is 0 Å². The summed E-state index contributed by atoms with van der Waals surface area (Å²) in [6, 6.07) is 2.79. The van der Waals surface area contributed by atoms with Gasteiger partial charge in [-0.25, -0.2) is 4.39 Å². The summed E-state index contributed by atoms with van der Waals surface area (Å²) in [7, 11) is 2.94. The molecule has 1 aromatic rings. The molecule has 6 heteroatoms. The second kappa shape index (κ2) is 6.41. The van der Waals surface area contributed by atoms with E-state index in [-0.39, 0.29) is 6.10 Å². The zero-order chi connectivity index (χ0) is 13.8. The Morgan fingerprint density at radius 1 is 1.26 bits per heavy atom. The molecule has 0 aliphatic carbocycles. The summed E-state index contributed by atoms with van der Waals surface area (Å²) in [5.41, 5.74) is 0.315. The molecule has 1 saturated heterocycles. The summed E-state index contributed by atoms with van der Waals surface area (Å²) >= 11 is 6.27. The zero-order valence-electron chi connectivity index (χ0n) is 10.8. The highest BCUT2D eigenvalue weighted by Crippen LogP contribution is 2.37. The van der Waals surface area contributed by atoms with Crippen LogP contribution in [0.2, 0.25) is 0 Å². The third-order valence-electron chi connectivity index (χ3n) is 2.97. The normalized spacial score (nSPS) is 20.9. The van der Waals surface area contributed by atoms with Gasteiger partial charge in [0.1, 0.15) is 11.9 Å². The maximum Gasteiger partial charge on any atom is 0.163 e. The lowest BCUT2D eigenvalue weighted by Crippen LogP contribution is -2.32. The molecular formula is C13H16ClFO4. The van der Waals surface area contributed by atoms with E-state index in [4.69, 9.17) is 30.5 Å². The number of hydrogen-bond acceptors (Lipinski definition) is 4. The van der Waals surface area contributed by atoms with E-state index in [0.29, 0.717) is 36.9 Å². The van der Waals surface area contributed by atoms with Crippen LogP contribution in [-0.2, 0) is 9.47 Å². The first kappa shape index (κ1) is 14.4. The fraction of sp³-hybridized carbons (Fsp3) is 0.538. The number of halogens is 2. The second-order valence-electron chi connectivity index (χ2n) is 4.11. The fourth-order valence-corrected chi connectivity index (χ4v) is 2.27. The molecule has 0 radical (unpaired) electrons. The minimum atomic E-state index is -0.639. The van der Waals surface area contributed by atoms with Crippen LogP contribution in [0.25, 0.3) is 0 Å². The third kappa shape index (κ3) is 3.11. The molecule has 1 aromatic carbocycles. The molecule has 1 fully saturated rings. The lowest BCUT2D eigenvalue weighted by Gasteiger charge is -2.27. The smallest absolute Gasteiger partial charge is 0.163 e. The molecule has 0 aromatic heterocycles. The van der Waals surface area contributed by atoms with E-state index < -0.39 is 11.2 Å². The van der Waals surface area contributed by atoms with Crippen molar-refractivity contribution in [3.63, 3.8) is 0 Å². The Morgan fingerprint density at radius 2 is 1.95 bits per heavy atom. The summed E-state index contributed by atoms with van der Waals surface area (Å²) < 4.78 is 35.0. The van der Waals surface area contributed by atoms with Crippen molar-refractivity contribution in [3.05, 3.63) is 23.5 Å². The van der Waals surface area contributed by atoms with Gasteiger partial charge in [0.15, 0.2) is 11.5 Å². The van der Waals surface area contributed by atoms with Gasteiger partial charge >= 0.3 is 0 Å². The number of alkyl halides is 1. The van der Waals surface area contributed by atoms with Gasteiger partial charge in [-0.15, -0.1) is 11.6 Å². The molecular weight excluding hydrogens is 275 g/mol. The van der Waals surface area contributed by atoms with E-state index in [1.54, 1.807) is 0 Å². The summed E-state index contributed by atoms with van der Waals surface area (Å²) in [5, 5.41) is -0.639. The molecule has 0 saturated carbocycles. The van der Waals surface area contributed by atoms with Gasteiger partial charge in [-0.3, -0.25) is 0 Å². The molecule has 2 unspecified atom stereocenters. The third-order valence-corrected chi connectivity index (χ3v) is 3.48. The van der Waals surface area contributed by atoms with Crippen LogP contribution in [0.3, 0.4) is 0 Å². The van der Waals surface area contributed by atoms with Gasteiger partial charge < -0.3 is 18.9 Å². The Morgan fingerprint density at radius 3 is 2.53 bits per heavy atom. The van der Waals surface area contributed by atoms with E-state index in [1.165, 1.54) is 26.4 Å². The highest BCUT2D eigenvalue weighted by atomic mass is 35.5. The minimum absolute atomic E-state index is 0.315.